The quantitative estimate of drug-likeness (QED) is 0.739. The van der Waals surface area contributed by atoms with Gasteiger partial charge in [0.25, 0.3) is 12.3 Å². The van der Waals surface area contributed by atoms with E-state index in [0.717, 1.165) is 35.9 Å². The first-order chi connectivity index (χ1) is 13.0. The van der Waals surface area contributed by atoms with Gasteiger partial charge in [0.1, 0.15) is 18.1 Å². The van der Waals surface area contributed by atoms with E-state index in [1.54, 1.807) is 0 Å². The van der Waals surface area contributed by atoms with Gasteiger partial charge in [-0.1, -0.05) is 23.9 Å². The summed E-state index contributed by atoms with van der Waals surface area (Å²) >= 11 is 1.37. The number of allylic oxidation sites excluding steroid dienone is 3. The van der Waals surface area contributed by atoms with Gasteiger partial charge in [-0.2, -0.15) is 0 Å². The van der Waals surface area contributed by atoms with Crippen LogP contribution in [0.25, 0.3) is 0 Å². The average Bonchev–Trinajstić information content (AvgIpc) is 3.10. The molecule has 1 aliphatic heterocycles. The monoisotopic (exact) mass is 397 g/mol. The number of halogens is 3. The van der Waals surface area contributed by atoms with E-state index in [-0.39, 0.29) is 12.3 Å². The van der Waals surface area contributed by atoms with E-state index in [2.05, 4.69) is 15.6 Å². The number of alkyl halides is 2. The molecule has 1 aromatic rings. The van der Waals surface area contributed by atoms with Crippen LogP contribution in [0.3, 0.4) is 0 Å². The molecule has 2 aliphatic rings. The maximum absolute atomic E-state index is 12.9. The van der Waals surface area contributed by atoms with Crippen molar-refractivity contribution in [2.75, 3.05) is 13.2 Å². The van der Waals surface area contributed by atoms with Crippen LogP contribution in [0.4, 0.5) is 13.2 Å². The van der Waals surface area contributed by atoms with Crippen molar-refractivity contribution < 1.29 is 22.7 Å². The molecule has 1 aromatic heterocycles. The number of hydrogen-bond acceptors (Lipinski definition) is 5. The fourth-order valence-corrected chi connectivity index (χ4v) is 3.50. The van der Waals surface area contributed by atoms with E-state index >= 15 is 0 Å². The van der Waals surface area contributed by atoms with Gasteiger partial charge in [0, 0.05) is 0 Å². The van der Waals surface area contributed by atoms with Crippen LogP contribution in [-0.2, 0) is 4.74 Å². The third-order valence-corrected chi connectivity index (χ3v) is 4.75. The third-order valence-electron chi connectivity index (χ3n) is 3.87. The lowest BCUT2D eigenvalue weighted by Crippen LogP contribution is -2.40. The predicted molar refractivity (Wildman–Crippen MR) is 96.5 cm³/mol. The van der Waals surface area contributed by atoms with Crippen LogP contribution >= 0.6 is 11.8 Å². The van der Waals surface area contributed by atoms with Crippen LogP contribution in [0.2, 0.25) is 0 Å². The Kier molecular flexibility index (Phi) is 6.57. The SMILES string of the molecule is O=C(NC1NC(C2=CCCC=C2COCC(F)F)=CS1)c1ccc(F)cn1. The van der Waals surface area contributed by atoms with Crippen LogP contribution < -0.4 is 10.6 Å². The number of carbonyl (C=O) groups is 1. The standard InChI is InChI=1S/C18H18F3N3O2S/c19-12-5-6-14(22-7-12)17(25)24-18-23-15(10-27-18)13-4-2-1-3-11(13)8-26-9-16(20)21/h3-7,10,16,18,23H,1-2,8-9H2,(H,24,25). The zero-order valence-electron chi connectivity index (χ0n) is 14.3. The number of carbonyl (C=O) groups excluding carboxylic acids is 1. The highest BCUT2D eigenvalue weighted by atomic mass is 32.2. The van der Waals surface area contributed by atoms with Gasteiger partial charge >= 0.3 is 0 Å². The Morgan fingerprint density at radius 1 is 1.37 bits per heavy atom. The van der Waals surface area contributed by atoms with Crippen LogP contribution in [0.15, 0.2) is 52.7 Å². The Balaban J connectivity index is 1.56. The van der Waals surface area contributed by atoms with E-state index in [9.17, 15) is 18.0 Å². The van der Waals surface area contributed by atoms with E-state index in [0.29, 0.717) is 0 Å². The molecular formula is C18H18F3N3O2S. The molecular weight excluding hydrogens is 379 g/mol. The maximum Gasteiger partial charge on any atom is 0.272 e. The number of nitrogens with one attached hydrogen (secondary N) is 2. The van der Waals surface area contributed by atoms with E-state index < -0.39 is 30.3 Å². The Hall–Kier alpha value is -2.26. The van der Waals surface area contributed by atoms with Crippen molar-refractivity contribution in [3.8, 4) is 0 Å². The largest absolute Gasteiger partial charge is 0.371 e. The second kappa shape index (κ2) is 9.09. The summed E-state index contributed by atoms with van der Waals surface area (Å²) in [5, 5.41) is 7.80. The minimum absolute atomic E-state index is 0.108. The lowest BCUT2D eigenvalue weighted by molar-refractivity contribution is 0.0267. The maximum atomic E-state index is 12.9. The number of ether oxygens (including phenoxy) is 1. The Morgan fingerprint density at radius 3 is 2.93 bits per heavy atom. The van der Waals surface area contributed by atoms with Crippen molar-refractivity contribution in [3.05, 3.63) is 64.2 Å². The lowest BCUT2D eigenvalue weighted by atomic mass is 9.96. The summed E-state index contributed by atoms with van der Waals surface area (Å²) in [6.07, 6.45) is 4.15. The zero-order chi connectivity index (χ0) is 19.2. The van der Waals surface area contributed by atoms with Crippen molar-refractivity contribution >= 4 is 17.7 Å². The number of rotatable bonds is 7. The molecule has 1 aliphatic carbocycles. The van der Waals surface area contributed by atoms with Gasteiger partial charge in [0.2, 0.25) is 0 Å². The molecule has 0 fully saturated rings. The molecule has 0 bridgehead atoms. The summed E-state index contributed by atoms with van der Waals surface area (Å²) in [6.45, 7) is -0.494. The summed E-state index contributed by atoms with van der Waals surface area (Å²) in [5.41, 5.74) is 2.23. The average molecular weight is 397 g/mol. The van der Waals surface area contributed by atoms with Crippen molar-refractivity contribution in [2.45, 2.75) is 24.8 Å². The Labute approximate surface area is 158 Å². The van der Waals surface area contributed by atoms with Crippen LogP contribution in [-0.4, -0.2) is 36.0 Å². The summed E-state index contributed by atoms with van der Waals surface area (Å²) in [5.74, 6) is -0.940. The summed E-state index contributed by atoms with van der Waals surface area (Å²) in [7, 11) is 0. The number of amides is 1. The highest BCUT2D eigenvalue weighted by Crippen LogP contribution is 2.31. The second-order valence-corrected chi connectivity index (χ2v) is 6.84. The molecule has 0 saturated heterocycles. The van der Waals surface area contributed by atoms with Crippen molar-refractivity contribution in [1.29, 1.82) is 0 Å². The summed E-state index contributed by atoms with van der Waals surface area (Å²) in [4.78, 5) is 15.9. The number of hydrogen-bond donors (Lipinski definition) is 2. The molecule has 144 valence electrons. The molecule has 1 atom stereocenters. The molecule has 1 unspecified atom stereocenters. The van der Waals surface area contributed by atoms with Crippen LogP contribution in [0, 0.1) is 5.82 Å². The van der Waals surface area contributed by atoms with Gasteiger partial charge in [0.15, 0.2) is 5.50 Å². The van der Waals surface area contributed by atoms with Gasteiger partial charge in [-0.15, -0.1) is 0 Å². The first-order valence-corrected chi connectivity index (χ1v) is 9.27. The highest BCUT2D eigenvalue weighted by molar-refractivity contribution is 8.02. The number of pyridine rings is 1. The molecule has 0 aromatic carbocycles. The van der Waals surface area contributed by atoms with Crippen LogP contribution in [0.1, 0.15) is 23.3 Å². The highest BCUT2D eigenvalue weighted by Gasteiger charge is 2.24. The number of nitrogens with zero attached hydrogens (tertiary/aromatic N) is 1. The van der Waals surface area contributed by atoms with Crippen molar-refractivity contribution in [3.63, 3.8) is 0 Å². The van der Waals surface area contributed by atoms with Gasteiger partial charge in [-0.25, -0.2) is 18.2 Å². The molecule has 2 heterocycles. The number of thioether (sulfide) groups is 1. The van der Waals surface area contributed by atoms with E-state index in [1.165, 1.54) is 23.9 Å². The minimum Gasteiger partial charge on any atom is -0.371 e. The number of aromatic nitrogens is 1. The summed E-state index contributed by atoms with van der Waals surface area (Å²) in [6, 6.07) is 2.48. The summed E-state index contributed by atoms with van der Waals surface area (Å²) < 4.78 is 42.5. The molecule has 9 heteroatoms. The van der Waals surface area contributed by atoms with Crippen molar-refractivity contribution in [1.82, 2.24) is 15.6 Å². The smallest absolute Gasteiger partial charge is 0.272 e. The van der Waals surface area contributed by atoms with E-state index in [4.69, 9.17) is 4.74 Å². The molecule has 5 nitrogen and oxygen atoms in total. The molecule has 0 spiro atoms. The van der Waals surface area contributed by atoms with Crippen LogP contribution in [0.5, 0.6) is 0 Å². The topological polar surface area (TPSA) is 63.2 Å². The molecule has 0 saturated carbocycles. The fourth-order valence-electron chi connectivity index (χ4n) is 2.66. The minimum atomic E-state index is -2.50. The second-order valence-electron chi connectivity index (χ2n) is 5.86. The first-order valence-electron chi connectivity index (χ1n) is 8.33. The Bertz CT molecular complexity index is 779. The molecule has 0 radical (unpaired) electrons. The van der Waals surface area contributed by atoms with E-state index in [1.807, 2.05) is 17.6 Å². The predicted octanol–water partition coefficient (Wildman–Crippen LogP) is 3.34. The van der Waals surface area contributed by atoms with Gasteiger partial charge in [0.05, 0.1) is 18.5 Å². The van der Waals surface area contributed by atoms with Gasteiger partial charge in [-0.3, -0.25) is 4.79 Å². The van der Waals surface area contributed by atoms with Crippen molar-refractivity contribution in [2.24, 2.45) is 0 Å². The normalized spacial score (nSPS) is 19.3. The zero-order valence-corrected chi connectivity index (χ0v) is 15.1. The molecule has 27 heavy (non-hydrogen) atoms. The fraction of sp³-hybridized carbons (Fsp3) is 0.333. The van der Waals surface area contributed by atoms with Gasteiger partial charge in [-0.05, 0) is 41.5 Å². The molecule has 3 rings (SSSR count). The third kappa shape index (κ3) is 5.36. The first kappa shape index (κ1) is 19.5. The molecule has 2 N–H and O–H groups in total. The lowest BCUT2D eigenvalue weighted by Gasteiger charge is -2.20. The molecule has 1 amide bonds. The Morgan fingerprint density at radius 2 is 2.19 bits per heavy atom. The van der Waals surface area contributed by atoms with Gasteiger partial charge < -0.3 is 15.4 Å².